The molecule has 2 N–H and O–H groups in total. The van der Waals surface area contributed by atoms with Crippen LogP contribution in [-0.4, -0.2) is 44.3 Å². The largest absolute Gasteiger partial charge is 0.363 e. The third kappa shape index (κ3) is 3.13. The Kier molecular flexibility index (Phi) is 4.55. The molecule has 1 heterocycles. The predicted octanol–water partition coefficient (Wildman–Crippen LogP) is 0.494. The maximum absolute atomic E-state index is 12.1. The zero-order valence-electron chi connectivity index (χ0n) is 10.3. The van der Waals surface area contributed by atoms with Crippen LogP contribution < -0.4 is 5.73 Å². The van der Waals surface area contributed by atoms with Crippen LogP contribution in [0.15, 0.2) is 0 Å². The third-order valence-electron chi connectivity index (χ3n) is 2.24. The second-order valence-electron chi connectivity index (χ2n) is 3.80. The molecule has 2 amide bonds. The molecule has 0 aromatic carbocycles. The zero-order chi connectivity index (χ0) is 13.9. The van der Waals surface area contributed by atoms with Gasteiger partial charge in [-0.2, -0.15) is 15.0 Å². The number of carbonyl (C=O) groups excluding carboxylic acids is 2. The lowest BCUT2D eigenvalue weighted by molar-refractivity contribution is 0.0703. The SMILES string of the molecule is CCN(C(=O)c1nc(Cl)nc(C(N)=O)n1)C(C)C. The highest BCUT2D eigenvalue weighted by molar-refractivity contribution is 6.28. The van der Waals surface area contributed by atoms with E-state index in [1.807, 2.05) is 20.8 Å². The maximum atomic E-state index is 12.1. The molecule has 1 aromatic heterocycles. The first-order valence-corrected chi connectivity index (χ1v) is 5.77. The summed E-state index contributed by atoms with van der Waals surface area (Å²) in [4.78, 5) is 35.6. The number of nitrogens with zero attached hydrogens (tertiary/aromatic N) is 4. The number of carbonyl (C=O) groups is 2. The first-order valence-electron chi connectivity index (χ1n) is 5.39. The fourth-order valence-corrected chi connectivity index (χ4v) is 1.59. The molecule has 0 fully saturated rings. The Balaban J connectivity index is 3.16. The van der Waals surface area contributed by atoms with Gasteiger partial charge in [-0.25, -0.2) is 0 Å². The molecule has 7 nitrogen and oxygen atoms in total. The number of halogens is 1. The van der Waals surface area contributed by atoms with Crippen LogP contribution in [0, 0.1) is 0 Å². The fourth-order valence-electron chi connectivity index (χ4n) is 1.43. The number of aromatic nitrogens is 3. The molecule has 0 radical (unpaired) electrons. The Morgan fingerprint density at radius 2 is 1.83 bits per heavy atom. The molecular formula is C10H14ClN5O2. The van der Waals surface area contributed by atoms with Gasteiger partial charge in [0.25, 0.3) is 11.8 Å². The van der Waals surface area contributed by atoms with E-state index < -0.39 is 11.8 Å². The first kappa shape index (κ1) is 14.3. The summed E-state index contributed by atoms with van der Waals surface area (Å²) >= 11 is 5.62. The lowest BCUT2D eigenvalue weighted by Crippen LogP contribution is -2.38. The number of amides is 2. The van der Waals surface area contributed by atoms with Crippen molar-refractivity contribution in [2.75, 3.05) is 6.54 Å². The highest BCUT2D eigenvalue weighted by Gasteiger charge is 2.22. The minimum absolute atomic E-state index is 0.0185. The number of hydrogen-bond acceptors (Lipinski definition) is 5. The molecule has 18 heavy (non-hydrogen) atoms. The van der Waals surface area contributed by atoms with Crippen LogP contribution >= 0.6 is 11.6 Å². The molecule has 0 atom stereocenters. The van der Waals surface area contributed by atoms with Gasteiger partial charge in [0.05, 0.1) is 0 Å². The van der Waals surface area contributed by atoms with Crippen LogP contribution in [0.25, 0.3) is 0 Å². The standard InChI is InChI=1S/C10H14ClN5O2/c1-4-16(5(2)3)9(18)8-13-7(6(12)17)14-10(11)15-8/h5H,4H2,1-3H3,(H2,12,17). The minimum atomic E-state index is -0.860. The lowest BCUT2D eigenvalue weighted by atomic mass is 10.3. The Labute approximate surface area is 109 Å². The molecule has 0 saturated carbocycles. The molecule has 0 unspecified atom stereocenters. The van der Waals surface area contributed by atoms with Gasteiger partial charge in [0.1, 0.15) is 0 Å². The number of primary amides is 1. The average molecular weight is 272 g/mol. The number of rotatable bonds is 4. The predicted molar refractivity (Wildman–Crippen MR) is 65.2 cm³/mol. The molecule has 0 aliphatic heterocycles. The van der Waals surface area contributed by atoms with Gasteiger partial charge in [-0.1, -0.05) is 0 Å². The normalized spacial score (nSPS) is 10.5. The summed E-state index contributed by atoms with van der Waals surface area (Å²) in [6.45, 7) is 6.04. The summed E-state index contributed by atoms with van der Waals surface area (Å²) in [5, 5.41) is -0.234. The molecule has 1 rings (SSSR count). The summed E-state index contributed by atoms with van der Waals surface area (Å²) in [5.74, 6) is -1.78. The van der Waals surface area contributed by atoms with Crippen molar-refractivity contribution < 1.29 is 9.59 Å². The van der Waals surface area contributed by atoms with E-state index in [1.165, 1.54) is 4.90 Å². The van der Waals surface area contributed by atoms with Gasteiger partial charge in [0.15, 0.2) is 0 Å². The Hall–Kier alpha value is -1.76. The van der Waals surface area contributed by atoms with E-state index in [2.05, 4.69) is 15.0 Å². The van der Waals surface area contributed by atoms with Crippen molar-refractivity contribution in [2.24, 2.45) is 5.73 Å². The van der Waals surface area contributed by atoms with Gasteiger partial charge in [0, 0.05) is 12.6 Å². The van der Waals surface area contributed by atoms with Crippen molar-refractivity contribution in [1.29, 1.82) is 0 Å². The van der Waals surface area contributed by atoms with Crippen LogP contribution in [0.5, 0.6) is 0 Å². The van der Waals surface area contributed by atoms with Crippen LogP contribution in [0.4, 0.5) is 0 Å². The summed E-state index contributed by atoms with van der Waals surface area (Å²) in [6.07, 6.45) is 0. The molecule has 0 aliphatic rings. The van der Waals surface area contributed by atoms with Crippen molar-refractivity contribution in [3.05, 3.63) is 16.9 Å². The molecule has 8 heteroatoms. The van der Waals surface area contributed by atoms with Crippen LogP contribution in [0.2, 0.25) is 5.28 Å². The maximum Gasteiger partial charge on any atom is 0.292 e. The topological polar surface area (TPSA) is 102 Å². The third-order valence-corrected chi connectivity index (χ3v) is 2.41. The van der Waals surface area contributed by atoms with E-state index in [0.29, 0.717) is 6.54 Å². The van der Waals surface area contributed by atoms with Gasteiger partial charge in [-0.3, -0.25) is 9.59 Å². The smallest absolute Gasteiger partial charge is 0.292 e. The molecule has 0 saturated heterocycles. The van der Waals surface area contributed by atoms with Gasteiger partial charge in [-0.05, 0) is 32.4 Å². The molecule has 0 bridgehead atoms. The van der Waals surface area contributed by atoms with Crippen molar-refractivity contribution in [2.45, 2.75) is 26.8 Å². The zero-order valence-corrected chi connectivity index (χ0v) is 11.1. The van der Waals surface area contributed by atoms with Crippen LogP contribution in [0.1, 0.15) is 42.0 Å². The van der Waals surface area contributed by atoms with Gasteiger partial charge in [-0.15, -0.1) is 0 Å². The quantitative estimate of drug-likeness (QED) is 0.859. The van der Waals surface area contributed by atoms with E-state index in [-0.39, 0.29) is 23.0 Å². The van der Waals surface area contributed by atoms with Crippen LogP contribution in [0.3, 0.4) is 0 Å². The Morgan fingerprint density at radius 3 is 2.28 bits per heavy atom. The van der Waals surface area contributed by atoms with E-state index in [0.717, 1.165) is 0 Å². The summed E-state index contributed by atoms with van der Waals surface area (Å²) < 4.78 is 0. The molecule has 0 spiro atoms. The number of nitrogens with two attached hydrogens (primary N) is 1. The Bertz CT molecular complexity index is 477. The van der Waals surface area contributed by atoms with Crippen LogP contribution in [-0.2, 0) is 0 Å². The van der Waals surface area contributed by atoms with Crippen molar-refractivity contribution in [3.8, 4) is 0 Å². The second-order valence-corrected chi connectivity index (χ2v) is 4.14. The van der Waals surface area contributed by atoms with E-state index in [9.17, 15) is 9.59 Å². The molecule has 98 valence electrons. The summed E-state index contributed by atoms with van der Waals surface area (Å²) in [6, 6.07) is -0.0185. The molecule has 1 aromatic rings. The highest BCUT2D eigenvalue weighted by atomic mass is 35.5. The first-order chi connectivity index (χ1) is 8.36. The lowest BCUT2D eigenvalue weighted by Gasteiger charge is -2.24. The van der Waals surface area contributed by atoms with E-state index in [1.54, 1.807) is 0 Å². The highest BCUT2D eigenvalue weighted by Crippen LogP contribution is 2.07. The average Bonchev–Trinajstić information content (AvgIpc) is 2.28. The van der Waals surface area contributed by atoms with E-state index >= 15 is 0 Å². The van der Waals surface area contributed by atoms with Crippen molar-refractivity contribution >= 4 is 23.4 Å². The van der Waals surface area contributed by atoms with E-state index in [4.69, 9.17) is 17.3 Å². The fraction of sp³-hybridized carbons (Fsp3) is 0.500. The summed E-state index contributed by atoms with van der Waals surface area (Å²) in [5.41, 5.74) is 5.04. The Morgan fingerprint density at radius 1 is 1.28 bits per heavy atom. The monoisotopic (exact) mass is 271 g/mol. The molecular weight excluding hydrogens is 258 g/mol. The minimum Gasteiger partial charge on any atom is -0.363 e. The second kappa shape index (κ2) is 5.72. The summed E-state index contributed by atoms with van der Waals surface area (Å²) in [7, 11) is 0. The van der Waals surface area contributed by atoms with Gasteiger partial charge in [0.2, 0.25) is 16.9 Å². The van der Waals surface area contributed by atoms with Gasteiger partial charge >= 0.3 is 0 Å². The van der Waals surface area contributed by atoms with Crippen molar-refractivity contribution in [3.63, 3.8) is 0 Å². The number of hydrogen-bond donors (Lipinski definition) is 1. The molecule has 0 aliphatic carbocycles. The van der Waals surface area contributed by atoms with Crippen molar-refractivity contribution in [1.82, 2.24) is 19.9 Å². The van der Waals surface area contributed by atoms with Gasteiger partial charge < -0.3 is 10.6 Å².